The van der Waals surface area contributed by atoms with E-state index in [2.05, 4.69) is 4.98 Å². The van der Waals surface area contributed by atoms with E-state index in [4.69, 9.17) is 14.2 Å². The molecule has 0 radical (unpaired) electrons. The number of halogens is 2. The third-order valence-corrected chi connectivity index (χ3v) is 4.77. The Bertz CT molecular complexity index is 1450. The van der Waals surface area contributed by atoms with Crippen LogP contribution in [-0.2, 0) is 0 Å². The minimum Gasteiger partial charge on any atom is -0.451 e. The minimum absolute atomic E-state index is 0.101. The number of benzene rings is 3. The number of nitro benzene ring substituents is 3. The fraction of sp³-hybridized carbons (Fsp3) is 0. The maximum atomic E-state index is 15.3. The van der Waals surface area contributed by atoms with Crippen LogP contribution in [0.4, 0.5) is 25.8 Å². The third-order valence-electron chi connectivity index (χ3n) is 4.77. The summed E-state index contributed by atoms with van der Waals surface area (Å²) >= 11 is 0. The Morgan fingerprint density at radius 2 is 0.816 bits per heavy atom. The molecule has 0 saturated carbocycles. The molecule has 1 heterocycles. The van der Waals surface area contributed by atoms with Crippen molar-refractivity contribution in [3.8, 4) is 34.8 Å². The lowest BCUT2D eigenvalue weighted by Gasteiger charge is -2.14. The SMILES string of the molecule is O=[N+]([O-])c1ccc(Oc2nc(Oc3ccc([N+](=O)[O-])cc3)c(F)c(Oc3ccc([N+](=O)[O-])cc3)c2F)cc1. The van der Waals surface area contributed by atoms with E-state index in [1.807, 2.05) is 0 Å². The zero-order chi connectivity index (χ0) is 27.4. The predicted octanol–water partition coefficient (Wildman–Crippen LogP) is 6.46. The van der Waals surface area contributed by atoms with Gasteiger partial charge in [-0.15, -0.1) is 0 Å². The summed E-state index contributed by atoms with van der Waals surface area (Å²) in [4.78, 5) is 34.3. The van der Waals surface area contributed by atoms with Gasteiger partial charge < -0.3 is 14.2 Å². The first kappa shape index (κ1) is 25.4. The number of nitrogens with zero attached hydrogens (tertiary/aromatic N) is 4. The van der Waals surface area contributed by atoms with Gasteiger partial charge in [0.2, 0.25) is 17.4 Å². The molecule has 38 heavy (non-hydrogen) atoms. The Hall–Kier alpha value is -5.73. The van der Waals surface area contributed by atoms with Crippen molar-refractivity contribution in [2.45, 2.75) is 0 Å². The average molecular weight is 526 g/mol. The summed E-state index contributed by atoms with van der Waals surface area (Å²) in [5.74, 6) is -5.94. The lowest BCUT2D eigenvalue weighted by Crippen LogP contribution is -2.03. The molecule has 0 amide bonds. The van der Waals surface area contributed by atoms with Crippen LogP contribution in [0.3, 0.4) is 0 Å². The number of aromatic nitrogens is 1. The second kappa shape index (κ2) is 10.5. The summed E-state index contributed by atoms with van der Waals surface area (Å²) in [6.07, 6.45) is 0. The lowest BCUT2D eigenvalue weighted by atomic mass is 10.3. The summed E-state index contributed by atoms with van der Waals surface area (Å²) in [5, 5.41) is 32.6. The topological polar surface area (TPSA) is 170 Å². The number of nitro groups is 3. The number of ether oxygens (including phenoxy) is 3. The van der Waals surface area contributed by atoms with Gasteiger partial charge in [0, 0.05) is 36.4 Å². The standard InChI is InChI=1S/C23H12F2N4O9/c24-19-21(36-16-7-1-13(2-8-16)27(30)31)20(25)23(38-18-11-5-15(6-12-18)29(34)35)26-22(19)37-17-9-3-14(4-10-17)28(32)33/h1-12H. The van der Waals surface area contributed by atoms with E-state index in [9.17, 15) is 30.3 Å². The Morgan fingerprint density at radius 3 is 1.11 bits per heavy atom. The van der Waals surface area contributed by atoms with E-state index in [1.54, 1.807) is 0 Å². The fourth-order valence-corrected chi connectivity index (χ4v) is 2.95. The summed E-state index contributed by atoms with van der Waals surface area (Å²) in [5.41, 5.74) is -0.832. The zero-order valence-corrected chi connectivity index (χ0v) is 18.6. The van der Waals surface area contributed by atoms with Gasteiger partial charge in [-0.1, -0.05) is 0 Å². The first-order valence-corrected chi connectivity index (χ1v) is 10.3. The molecular weight excluding hydrogens is 514 g/mol. The van der Waals surface area contributed by atoms with Crippen molar-refractivity contribution < 1.29 is 37.8 Å². The number of rotatable bonds is 9. The van der Waals surface area contributed by atoms with Gasteiger partial charge in [-0.25, -0.2) is 0 Å². The normalized spacial score (nSPS) is 10.5. The molecule has 15 heteroatoms. The molecule has 0 aliphatic rings. The molecule has 13 nitrogen and oxygen atoms in total. The number of hydrogen-bond donors (Lipinski definition) is 0. The molecule has 4 rings (SSSR count). The highest BCUT2D eigenvalue weighted by atomic mass is 19.1. The van der Waals surface area contributed by atoms with Crippen molar-refractivity contribution >= 4 is 17.1 Å². The van der Waals surface area contributed by atoms with Gasteiger partial charge in [0.05, 0.1) is 14.8 Å². The van der Waals surface area contributed by atoms with Crippen LogP contribution in [0, 0.1) is 42.0 Å². The van der Waals surface area contributed by atoms with E-state index in [1.165, 1.54) is 0 Å². The maximum absolute atomic E-state index is 15.3. The highest BCUT2D eigenvalue weighted by molar-refractivity contribution is 5.46. The van der Waals surface area contributed by atoms with Crippen LogP contribution in [0.15, 0.2) is 72.8 Å². The Balaban J connectivity index is 1.73. The van der Waals surface area contributed by atoms with Gasteiger partial charge in [0.15, 0.2) is 0 Å². The lowest BCUT2D eigenvalue weighted by molar-refractivity contribution is -0.385. The average Bonchev–Trinajstić information content (AvgIpc) is 2.90. The van der Waals surface area contributed by atoms with Crippen LogP contribution in [0.2, 0.25) is 0 Å². The highest BCUT2D eigenvalue weighted by Gasteiger charge is 2.26. The summed E-state index contributed by atoms with van der Waals surface area (Å²) in [6.45, 7) is 0. The quantitative estimate of drug-likeness (QED) is 0.174. The van der Waals surface area contributed by atoms with Crippen LogP contribution in [0.1, 0.15) is 0 Å². The molecule has 0 aliphatic heterocycles. The summed E-state index contributed by atoms with van der Waals surface area (Å²) < 4.78 is 46.5. The molecule has 0 unspecified atom stereocenters. The number of pyridine rings is 1. The van der Waals surface area contributed by atoms with Gasteiger partial charge in [-0.05, 0) is 36.4 Å². The van der Waals surface area contributed by atoms with Crippen LogP contribution < -0.4 is 14.2 Å². The van der Waals surface area contributed by atoms with E-state index in [-0.39, 0.29) is 34.3 Å². The highest BCUT2D eigenvalue weighted by Crippen LogP contribution is 2.40. The van der Waals surface area contributed by atoms with Gasteiger partial charge in [-0.3, -0.25) is 30.3 Å². The van der Waals surface area contributed by atoms with Gasteiger partial charge in [0.1, 0.15) is 17.2 Å². The van der Waals surface area contributed by atoms with Crippen molar-refractivity contribution in [3.05, 3.63) is 115 Å². The van der Waals surface area contributed by atoms with Crippen LogP contribution in [0.5, 0.6) is 34.8 Å². The van der Waals surface area contributed by atoms with Crippen LogP contribution in [-0.4, -0.2) is 19.8 Å². The fourth-order valence-electron chi connectivity index (χ4n) is 2.95. The maximum Gasteiger partial charge on any atom is 0.269 e. The van der Waals surface area contributed by atoms with E-state index >= 15 is 8.78 Å². The monoisotopic (exact) mass is 526 g/mol. The molecule has 192 valence electrons. The summed E-state index contributed by atoms with van der Waals surface area (Å²) in [7, 11) is 0. The molecule has 0 fully saturated rings. The Morgan fingerprint density at radius 1 is 0.526 bits per heavy atom. The largest absolute Gasteiger partial charge is 0.451 e. The molecule has 0 spiro atoms. The van der Waals surface area contributed by atoms with Gasteiger partial charge in [0.25, 0.3) is 28.8 Å². The Labute approximate surface area is 209 Å². The molecule has 3 aromatic carbocycles. The molecular formula is C23H12F2N4O9. The van der Waals surface area contributed by atoms with Crippen molar-refractivity contribution in [1.29, 1.82) is 0 Å². The van der Waals surface area contributed by atoms with E-state index in [0.717, 1.165) is 72.8 Å². The molecule has 0 saturated heterocycles. The predicted molar refractivity (Wildman–Crippen MR) is 124 cm³/mol. The van der Waals surface area contributed by atoms with Crippen molar-refractivity contribution in [2.75, 3.05) is 0 Å². The first-order valence-electron chi connectivity index (χ1n) is 10.3. The smallest absolute Gasteiger partial charge is 0.269 e. The Kier molecular flexibility index (Phi) is 7.00. The molecule has 0 aliphatic carbocycles. The van der Waals surface area contributed by atoms with Crippen molar-refractivity contribution in [3.63, 3.8) is 0 Å². The molecule has 0 bridgehead atoms. The van der Waals surface area contributed by atoms with E-state index in [0.29, 0.717) is 0 Å². The van der Waals surface area contributed by atoms with Crippen molar-refractivity contribution in [2.24, 2.45) is 0 Å². The second-order valence-corrected chi connectivity index (χ2v) is 7.24. The van der Waals surface area contributed by atoms with Crippen LogP contribution >= 0.6 is 0 Å². The van der Waals surface area contributed by atoms with E-state index < -0.39 is 43.9 Å². The molecule has 0 N–H and O–H groups in total. The zero-order valence-electron chi connectivity index (χ0n) is 18.6. The molecule has 0 atom stereocenters. The number of non-ortho nitro benzene ring substituents is 3. The first-order chi connectivity index (χ1) is 18.1. The summed E-state index contributed by atoms with van der Waals surface area (Å²) in [6, 6.07) is 13.2. The minimum atomic E-state index is -1.42. The van der Waals surface area contributed by atoms with Gasteiger partial charge >= 0.3 is 0 Å². The third kappa shape index (κ3) is 5.56. The van der Waals surface area contributed by atoms with Crippen molar-refractivity contribution in [1.82, 2.24) is 4.98 Å². The number of hydrogen-bond acceptors (Lipinski definition) is 10. The molecule has 1 aromatic heterocycles. The van der Waals surface area contributed by atoms with Gasteiger partial charge in [-0.2, -0.15) is 13.8 Å². The molecule has 4 aromatic rings. The van der Waals surface area contributed by atoms with Crippen LogP contribution in [0.25, 0.3) is 0 Å². The second-order valence-electron chi connectivity index (χ2n) is 7.24.